The van der Waals surface area contributed by atoms with E-state index in [-0.39, 0.29) is 18.5 Å². The van der Waals surface area contributed by atoms with Gasteiger partial charge in [0, 0.05) is 18.0 Å². The van der Waals surface area contributed by atoms with Crippen molar-refractivity contribution >= 4 is 19.1 Å². The number of nitrogens with zero attached hydrogens (tertiary/aromatic N) is 1. The summed E-state index contributed by atoms with van der Waals surface area (Å²) in [5, 5.41) is 0. The molecular formula is C12H17BN2O2. The molecule has 5 heteroatoms. The highest BCUT2D eigenvalue weighted by Gasteiger charge is 2.30. The zero-order valence-electron chi connectivity index (χ0n) is 9.84. The van der Waals surface area contributed by atoms with Crippen molar-refractivity contribution in [1.29, 1.82) is 0 Å². The van der Waals surface area contributed by atoms with Crippen LogP contribution in [0.15, 0.2) is 30.3 Å². The van der Waals surface area contributed by atoms with Crippen molar-refractivity contribution in [2.75, 3.05) is 18.2 Å². The highest BCUT2D eigenvalue weighted by Crippen LogP contribution is 2.27. The molecule has 17 heavy (non-hydrogen) atoms. The molecule has 1 aliphatic heterocycles. The van der Waals surface area contributed by atoms with Crippen LogP contribution in [-0.2, 0) is 9.45 Å². The van der Waals surface area contributed by atoms with Gasteiger partial charge in [-0.3, -0.25) is 4.79 Å². The molecule has 1 saturated heterocycles. The van der Waals surface area contributed by atoms with Gasteiger partial charge in [-0.05, 0) is 25.0 Å². The Kier molecular flexibility index (Phi) is 4.17. The van der Waals surface area contributed by atoms with Crippen LogP contribution in [-0.4, -0.2) is 26.7 Å². The molecule has 2 rings (SSSR count). The molecule has 1 fully saturated rings. The fourth-order valence-corrected chi connectivity index (χ4v) is 2.18. The lowest BCUT2D eigenvalue weighted by atomic mass is 9.74. The van der Waals surface area contributed by atoms with Gasteiger partial charge in [0.25, 0.3) is 7.48 Å². The quantitative estimate of drug-likeness (QED) is 0.619. The maximum atomic E-state index is 12.2. The highest BCUT2D eigenvalue weighted by atomic mass is 16.4. The van der Waals surface area contributed by atoms with Crippen molar-refractivity contribution in [3.8, 4) is 0 Å². The molecule has 1 atom stereocenters. The Morgan fingerprint density at radius 3 is 2.88 bits per heavy atom. The van der Waals surface area contributed by atoms with E-state index < -0.39 is 0 Å². The second kappa shape index (κ2) is 5.84. The summed E-state index contributed by atoms with van der Waals surface area (Å²) in [6, 6.07) is 9.77. The summed E-state index contributed by atoms with van der Waals surface area (Å²) in [6.45, 7) is 0.969. The first kappa shape index (κ1) is 12.1. The van der Waals surface area contributed by atoms with Crippen LogP contribution in [0.5, 0.6) is 0 Å². The number of piperidine rings is 1. The molecule has 1 aliphatic rings. The topological polar surface area (TPSA) is 55.6 Å². The van der Waals surface area contributed by atoms with E-state index in [1.807, 2.05) is 35.2 Å². The van der Waals surface area contributed by atoms with Crippen LogP contribution in [0.3, 0.4) is 0 Å². The Balaban J connectivity index is 2.06. The molecule has 0 saturated carbocycles. The number of anilines is 1. The average Bonchev–Trinajstić information content (AvgIpc) is 2.39. The number of hydrogen-bond acceptors (Lipinski definition) is 3. The van der Waals surface area contributed by atoms with E-state index in [1.54, 1.807) is 0 Å². The van der Waals surface area contributed by atoms with E-state index in [0.717, 1.165) is 25.1 Å². The molecule has 2 N–H and O–H groups in total. The third kappa shape index (κ3) is 2.87. The fraction of sp³-hybridized carbons (Fsp3) is 0.417. The number of rotatable bonds is 4. The fourth-order valence-electron chi connectivity index (χ4n) is 2.18. The van der Waals surface area contributed by atoms with Gasteiger partial charge in [0.15, 0.2) is 0 Å². The molecule has 1 amide bonds. The van der Waals surface area contributed by atoms with Gasteiger partial charge in [0.05, 0.1) is 6.73 Å². The number of nitrogens with two attached hydrogens (primary N) is 1. The smallest absolute Gasteiger partial charge is 0.289 e. The van der Waals surface area contributed by atoms with Crippen LogP contribution in [0, 0.1) is 0 Å². The summed E-state index contributed by atoms with van der Waals surface area (Å²) in [7, 11) is 0.429. The van der Waals surface area contributed by atoms with E-state index in [4.69, 9.17) is 10.4 Å². The van der Waals surface area contributed by atoms with Gasteiger partial charge in [0.1, 0.15) is 0 Å². The lowest BCUT2D eigenvalue weighted by Crippen LogP contribution is -2.41. The second-order valence-electron chi connectivity index (χ2n) is 4.20. The Labute approximate surface area is 102 Å². The van der Waals surface area contributed by atoms with Crippen LogP contribution in [0.2, 0.25) is 5.82 Å². The predicted octanol–water partition coefficient (Wildman–Crippen LogP) is 0.886. The monoisotopic (exact) mass is 232 g/mol. The molecule has 1 heterocycles. The Morgan fingerprint density at radius 1 is 1.41 bits per heavy atom. The summed E-state index contributed by atoms with van der Waals surface area (Å²) in [6.07, 6.45) is 1.90. The standard InChI is InChI=1S/C12H17BN2O2/c14-9-17-13-11-7-4-8-15(12(11)16)10-5-2-1-3-6-10/h1-3,5-6,11,13H,4,7-9,14H2/t11-/m0/s1. The van der Waals surface area contributed by atoms with Crippen molar-refractivity contribution in [2.45, 2.75) is 18.7 Å². The summed E-state index contributed by atoms with van der Waals surface area (Å²) in [5.74, 6) is 0.100. The van der Waals surface area contributed by atoms with Gasteiger partial charge in [-0.2, -0.15) is 0 Å². The highest BCUT2D eigenvalue weighted by molar-refractivity contribution is 6.39. The molecular weight excluding hydrogens is 215 g/mol. The third-order valence-corrected chi connectivity index (χ3v) is 3.05. The van der Waals surface area contributed by atoms with Crippen molar-refractivity contribution in [3.05, 3.63) is 30.3 Å². The molecule has 0 aliphatic carbocycles. The molecule has 0 spiro atoms. The number of para-hydroxylation sites is 1. The van der Waals surface area contributed by atoms with Crippen LogP contribution >= 0.6 is 0 Å². The minimum Gasteiger partial charge on any atom is -0.427 e. The van der Waals surface area contributed by atoms with Crippen LogP contribution < -0.4 is 10.6 Å². The Morgan fingerprint density at radius 2 is 2.18 bits per heavy atom. The van der Waals surface area contributed by atoms with E-state index in [1.165, 1.54) is 0 Å². The predicted molar refractivity (Wildman–Crippen MR) is 69.1 cm³/mol. The van der Waals surface area contributed by atoms with Gasteiger partial charge in [-0.1, -0.05) is 18.2 Å². The summed E-state index contributed by atoms with van der Waals surface area (Å²) < 4.78 is 5.16. The SMILES string of the molecule is NCOB[C@H]1CCCN(c2ccccc2)C1=O. The summed E-state index contributed by atoms with van der Waals surface area (Å²) in [5.41, 5.74) is 6.26. The molecule has 0 unspecified atom stereocenters. The van der Waals surface area contributed by atoms with Gasteiger partial charge >= 0.3 is 0 Å². The zero-order valence-corrected chi connectivity index (χ0v) is 9.84. The maximum Gasteiger partial charge on any atom is 0.289 e. The summed E-state index contributed by atoms with van der Waals surface area (Å²) >= 11 is 0. The minimum absolute atomic E-state index is 0.0486. The molecule has 90 valence electrons. The zero-order chi connectivity index (χ0) is 12.1. The van der Waals surface area contributed by atoms with E-state index in [2.05, 4.69) is 0 Å². The van der Waals surface area contributed by atoms with Crippen LogP contribution in [0.1, 0.15) is 12.8 Å². The Hall–Kier alpha value is -1.33. The first-order chi connectivity index (χ1) is 8.33. The number of carbonyl (C=O) groups excluding carboxylic acids is 1. The van der Waals surface area contributed by atoms with Crippen LogP contribution in [0.25, 0.3) is 0 Å². The maximum absolute atomic E-state index is 12.2. The molecule has 1 aromatic rings. The van der Waals surface area contributed by atoms with Crippen molar-refractivity contribution in [2.24, 2.45) is 5.73 Å². The molecule has 4 nitrogen and oxygen atoms in total. The van der Waals surface area contributed by atoms with Gasteiger partial charge < -0.3 is 15.3 Å². The summed E-state index contributed by atoms with van der Waals surface area (Å²) in [4.78, 5) is 14.1. The van der Waals surface area contributed by atoms with Gasteiger partial charge in [-0.25, -0.2) is 0 Å². The third-order valence-electron chi connectivity index (χ3n) is 3.05. The molecule has 1 aromatic carbocycles. The number of amides is 1. The Bertz CT molecular complexity index is 372. The van der Waals surface area contributed by atoms with Gasteiger partial charge in [0.2, 0.25) is 5.91 Å². The lowest BCUT2D eigenvalue weighted by Gasteiger charge is -2.31. The largest absolute Gasteiger partial charge is 0.427 e. The van der Waals surface area contributed by atoms with E-state index >= 15 is 0 Å². The van der Waals surface area contributed by atoms with Crippen molar-refractivity contribution < 1.29 is 9.45 Å². The second-order valence-corrected chi connectivity index (χ2v) is 4.20. The average molecular weight is 232 g/mol. The number of carbonyl (C=O) groups is 1. The normalized spacial score (nSPS) is 20.4. The molecule has 0 aromatic heterocycles. The van der Waals surface area contributed by atoms with Crippen LogP contribution in [0.4, 0.5) is 5.69 Å². The molecule has 0 bridgehead atoms. The number of benzene rings is 1. The number of hydrogen-bond donors (Lipinski definition) is 1. The van der Waals surface area contributed by atoms with Crippen molar-refractivity contribution in [1.82, 2.24) is 0 Å². The van der Waals surface area contributed by atoms with Crippen molar-refractivity contribution in [3.63, 3.8) is 0 Å². The van der Waals surface area contributed by atoms with E-state index in [9.17, 15) is 4.79 Å². The lowest BCUT2D eigenvalue weighted by molar-refractivity contribution is -0.119. The first-order valence-corrected chi connectivity index (χ1v) is 5.97. The van der Waals surface area contributed by atoms with E-state index in [0.29, 0.717) is 7.48 Å². The minimum atomic E-state index is -0.0486. The molecule has 0 radical (unpaired) electrons. The first-order valence-electron chi connectivity index (χ1n) is 5.97. The van der Waals surface area contributed by atoms with Gasteiger partial charge in [-0.15, -0.1) is 0 Å².